The summed E-state index contributed by atoms with van der Waals surface area (Å²) >= 11 is 0. The Hall–Kier alpha value is -1.09. The number of rotatable bonds is 4. The van der Waals surface area contributed by atoms with E-state index in [1.165, 1.54) is 19.4 Å². The molecule has 0 aromatic carbocycles. The van der Waals surface area contributed by atoms with Crippen LogP contribution in [0.2, 0.25) is 0 Å². The minimum atomic E-state index is 0.774. The summed E-state index contributed by atoms with van der Waals surface area (Å²) in [5.41, 5.74) is 0. The Morgan fingerprint density at radius 1 is 1.50 bits per heavy atom. The summed E-state index contributed by atoms with van der Waals surface area (Å²) in [6, 6.07) is 6.13. The van der Waals surface area contributed by atoms with Crippen molar-refractivity contribution in [3.63, 3.8) is 0 Å². The molecule has 1 fully saturated rings. The molecule has 1 N–H and O–H groups in total. The van der Waals surface area contributed by atoms with E-state index < -0.39 is 0 Å². The topological polar surface area (TPSA) is 28.2 Å². The van der Waals surface area contributed by atoms with Crippen LogP contribution in [0.25, 0.3) is 0 Å². The lowest BCUT2D eigenvalue weighted by Crippen LogP contribution is -2.38. The second-order valence-electron chi connectivity index (χ2n) is 4.44. The second-order valence-corrected chi connectivity index (χ2v) is 4.44. The Morgan fingerprint density at radius 3 is 3.06 bits per heavy atom. The molecule has 3 heteroatoms. The lowest BCUT2D eigenvalue weighted by Gasteiger charge is -2.30. The first kappa shape index (κ1) is 11.4. The zero-order chi connectivity index (χ0) is 11.2. The molecule has 0 spiro atoms. The molecule has 3 nitrogen and oxygen atoms in total. The molecule has 0 radical (unpaired) electrons. The minimum absolute atomic E-state index is 0.774. The summed E-state index contributed by atoms with van der Waals surface area (Å²) < 4.78 is 0. The fraction of sp³-hybridized carbons (Fsp3) is 0.615. The van der Waals surface area contributed by atoms with E-state index >= 15 is 0 Å². The molecule has 0 saturated carbocycles. The molecule has 1 aromatic rings. The van der Waals surface area contributed by atoms with Crippen LogP contribution in [0, 0.1) is 5.92 Å². The first-order chi connectivity index (χ1) is 7.90. The van der Waals surface area contributed by atoms with E-state index in [-0.39, 0.29) is 0 Å². The van der Waals surface area contributed by atoms with Crippen molar-refractivity contribution >= 4 is 5.82 Å². The van der Waals surface area contributed by atoms with Crippen LogP contribution in [0.4, 0.5) is 5.82 Å². The van der Waals surface area contributed by atoms with E-state index in [9.17, 15) is 0 Å². The number of nitrogens with zero attached hydrogens (tertiary/aromatic N) is 2. The molecule has 1 aromatic heterocycles. The van der Waals surface area contributed by atoms with Crippen molar-refractivity contribution in [2.45, 2.75) is 19.8 Å². The summed E-state index contributed by atoms with van der Waals surface area (Å²) in [6.07, 6.45) is 4.53. The maximum atomic E-state index is 4.42. The summed E-state index contributed by atoms with van der Waals surface area (Å²) in [7, 11) is 0. The number of nitrogens with one attached hydrogen (secondary N) is 1. The largest absolute Gasteiger partial charge is 0.357 e. The number of anilines is 1. The molecule has 88 valence electrons. The van der Waals surface area contributed by atoms with Crippen LogP contribution >= 0.6 is 0 Å². The van der Waals surface area contributed by atoms with Crippen LogP contribution in [-0.2, 0) is 0 Å². The maximum Gasteiger partial charge on any atom is 0.128 e. The van der Waals surface area contributed by atoms with Gasteiger partial charge in [-0.05, 0) is 50.9 Å². The molecule has 1 aliphatic rings. The predicted molar refractivity (Wildman–Crippen MR) is 67.7 cm³/mol. The van der Waals surface area contributed by atoms with Crippen molar-refractivity contribution in [2.75, 3.05) is 31.1 Å². The first-order valence-corrected chi connectivity index (χ1v) is 6.27. The van der Waals surface area contributed by atoms with Crippen molar-refractivity contribution in [3.05, 3.63) is 24.4 Å². The van der Waals surface area contributed by atoms with Crippen LogP contribution in [0.5, 0.6) is 0 Å². The zero-order valence-electron chi connectivity index (χ0n) is 10.0. The van der Waals surface area contributed by atoms with Crippen molar-refractivity contribution in [1.29, 1.82) is 0 Å². The van der Waals surface area contributed by atoms with Gasteiger partial charge in [0.15, 0.2) is 0 Å². The Morgan fingerprint density at radius 2 is 2.44 bits per heavy atom. The summed E-state index contributed by atoms with van der Waals surface area (Å²) in [6.45, 7) is 6.70. The minimum Gasteiger partial charge on any atom is -0.357 e. The molecule has 16 heavy (non-hydrogen) atoms. The van der Waals surface area contributed by atoms with Crippen LogP contribution in [0.15, 0.2) is 24.4 Å². The van der Waals surface area contributed by atoms with Gasteiger partial charge < -0.3 is 10.2 Å². The normalized spacial score (nSPS) is 20.7. The molecule has 0 amide bonds. The molecule has 1 aliphatic heterocycles. The number of hydrogen-bond donors (Lipinski definition) is 1. The van der Waals surface area contributed by atoms with Gasteiger partial charge in [0.05, 0.1) is 0 Å². The molecular formula is C13H21N3. The van der Waals surface area contributed by atoms with Gasteiger partial charge in [0.2, 0.25) is 0 Å². The molecule has 0 bridgehead atoms. The summed E-state index contributed by atoms with van der Waals surface area (Å²) in [5, 5.41) is 3.47. The average molecular weight is 219 g/mol. The van der Waals surface area contributed by atoms with Crippen LogP contribution < -0.4 is 10.2 Å². The third kappa shape index (κ3) is 2.95. The van der Waals surface area contributed by atoms with Gasteiger partial charge in [-0.2, -0.15) is 0 Å². The fourth-order valence-electron chi connectivity index (χ4n) is 2.32. The van der Waals surface area contributed by atoms with Crippen LogP contribution in [0.1, 0.15) is 19.8 Å². The standard InChI is InChI=1S/C13H21N3/c1-2-16(13-7-3-4-9-15-13)11-12-6-5-8-14-10-12/h3-4,7,9,12,14H,2,5-6,8,10-11H2,1H3. The monoisotopic (exact) mass is 219 g/mol. The van der Waals surface area contributed by atoms with Gasteiger partial charge in [0.1, 0.15) is 5.82 Å². The van der Waals surface area contributed by atoms with E-state index in [0.717, 1.165) is 31.4 Å². The fourth-order valence-corrected chi connectivity index (χ4v) is 2.32. The van der Waals surface area contributed by atoms with Crippen LogP contribution in [-0.4, -0.2) is 31.2 Å². The lowest BCUT2D eigenvalue weighted by molar-refractivity contribution is 0.377. The highest BCUT2D eigenvalue weighted by molar-refractivity contribution is 5.37. The highest BCUT2D eigenvalue weighted by Gasteiger charge is 2.16. The van der Waals surface area contributed by atoms with Gasteiger partial charge in [-0.3, -0.25) is 0 Å². The Bertz CT molecular complexity index is 293. The van der Waals surface area contributed by atoms with Gasteiger partial charge in [0.25, 0.3) is 0 Å². The van der Waals surface area contributed by atoms with Crippen molar-refractivity contribution in [3.8, 4) is 0 Å². The quantitative estimate of drug-likeness (QED) is 0.838. The van der Waals surface area contributed by atoms with Crippen molar-refractivity contribution < 1.29 is 0 Å². The first-order valence-electron chi connectivity index (χ1n) is 6.27. The molecule has 0 aliphatic carbocycles. The van der Waals surface area contributed by atoms with E-state index in [4.69, 9.17) is 0 Å². The summed E-state index contributed by atoms with van der Waals surface area (Å²) in [5.74, 6) is 1.88. The highest BCUT2D eigenvalue weighted by atomic mass is 15.2. The smallest absolute Gasteiger partial charge is 0.128 e. The molecule has 1 atom stereocenters. The Balaban J connectivity index is 1.94. The SMILES string of the molecule is CCN(CC1CCCNC1)c1ccccn1. The maximum absolute atomic E-state index is 4.42. The van der Waals surface area contributed by atoms with E-state index in [0.29, 0.717) is 0 Å². The van der Waals surface area contributed by atoms with Gasteiger partial charge in [-0.25, -0.2) is 4.98 Å². The summed E-state index contributed by atoms with van der Waals surface area (Å²) in [4.78, 5) is 6.79. The molecular weight excluding hydrogens is 198 g/mol. The van der Waals surface area contributed by atoms with Crippen molar-refractivity contribution in [1.82, 2.24) is 10.3 Å². The molecule has 2 heterocycles. The van der Waals surface area contributed by atoms with Gasteiger partial charge in [0, 0.05) is 19.3 Å². The van der Waals surface area contributed by atoms with Gasteiger partial charge >= 0.3 is 0 Å². The van der Waals surface area contributed by atoms with Crippen LogP contribution in [0.3, 0.4) is 0 Å². The average Bonchev–Trinajstić information content (AvgIpc) is 2.38. The van der Waals surface area contributed by atoms with E-state index in [1.54, 1.807) is 0 Å². The molecule has 2 rings (SSSR count). The lowest BCUT2D eigenvalue weighted by atomic mass is 9.99. The zero-order valence-corrected chi connectivity index (χ0v) is 10.0. The Labute approximate surface area is 97.9 Å². The highest BCUT2D eigenvalue weighted by Crippen LogP contribution is 2.16. The van der Waals surface area contributed by atoms with Crippen molar-refractivity contribution in [2.24, 2.45) is 5.92 Å². The van der Waals surface area contributed by atoms with Gasteiger partial charge in [-0.1, -0.05) is 6.07 Å². The number of aromatic nitrogens is 1. The van der Waals surface area contributed by atoms with E-state index in [1.807, 2.05) is 12.3 Å². The number of hydrogen-bond acceptors (Lipinski definition) is 3. The Kier molecular flexibility index (Phi) is 4.17. The second kappa shape index (κ2) is 5.85. The number of piperidine rings is 1. The third-order valence-corrected chi connectivity index (χ3v) is 3.23. The predicted octanol–water partition coefficient (Wildman–Crippen LogP) is 1.91. The third-order valence-electron chi connectivity index (χ3n) is 3.23. The molecule has 1 saturated heterocycles. The number of pyridine rings is 1. The van der Waals surface area contributed by atoms with E-state index in [2.05, 4.69) is 34.3 Å². The molecule has 1 unspecified atom stereocenters. The van der Waals surface area contributed by atoms with Gasteiger partial charge in [-0.15, -0.1) is 0 Å².